The van der Waals surface area contributed by atoms with Gasteiger partial charge in [-0.05, 0) is 31.4 Å². The first-order valence-corrected chi connectivity index (χ1v) is 14.0. The smallest absolute Gasteiger partial charge is 0.405 e. The number of aryl methyl sites for hydroxylation is 1. The highest BCUT2D eigenvalue weighted by atomic mass is 35.5. The highest BCUT2D eigenvalue weighted by molar-refractivity contribution is 7.89. The van der Waals surface area contributed by atoms with Crippen molar-refractivity contribution in [1.29, 1.82) is 0 Å². The molecule has 0 radical (unpaired) electrons. The third kappa shape index (κ3) is 6.69. The van der Waals surface area contributed by atoms with Gasteiger partial charge in [-0.15, -0.1) is 18.3 Å². The highest BCUT2D eigenvalue weighted by Crippen LogP contribution is 2.45. The minimum atomic E-state index is -5.04. The molecule has 0 N–H and O–H groups in total. The minimum Gasteiger partial charge on any atom is -0.405 e. The van der Waals surface area contributed by atoms with E-state index in [1.807, 2.05) is 4.90 Å². The monoisotopic (exact) mass is 599 g/mol. The molecular weight excluding hydrogens is 573 g/mol. The number of nitrogens with zero attached hydrogens (tertiary/aromatic N) is 5. The molecule has 9 nitrogen and oxygen atoms in total. The quantitative estimate of drug-likeness (QED) is 0.330. The summed E-state index contributed by atoms with van der Waals surface area (Å²) in [7, 11) is -2.37. The second kappa shape index (κ2) is 10.9. The van der Waals surface area contributed by atoms with Gasteiger partial charge in [-0.3, -0.25) is 14.4 Å². The molecule has 0 bridgehead atoms. The third-order valence-corrected chi connectivity index (χ3v) is 9.38. The van der Waals surface area contributed by atoms with E-state index in [9.17, 15) is 35.2 Å². The number of rotatable bonds is 8. The normalized spacial score (nSPS) is 20.6. The lowest BCUT2D eigenvalue weighted by Gasteiger charge is -2.50. The summed E-state index contributed by atoms with van der Waals surface area (Å²) in [5.41, 5.74) is -1.29. The van der Waals surface area contributed by atoms with E-state index in [-0.39, 0.29) is 61.9 Å². The topological polar surface area (TPSA) is 97.6 Å². The number of alkyl halides is 5. The van der Waals surface area contributed by atoms with Gasteiger partial charge in [0.05, 0.1) is 16.8 Å². The molecule has 2 aliphatic rings. The van der Waals surface area contributed by atoms with Gasteiger partial charge >= 0.3 is 6.36 Å². The van der Waals surface area contributed by atoms with Crippen LogP contribution < -0.4 is 4.74 Å². The van der Waals surface area contributed by atoms with Gasteiger partial charge in [-0.1, -0.05) is 22.9 Å². The Bertz CT molecular complexity index is 1300. The highest BCUT2D eigenvalue weighted by Gasteiger charge is 2.48. The molecule has 2 fully saturated rings. The predicted molar refractivity (Wildman–Crippen MR) is 129 cm³/mol. The maximum atomic E-state index is 14.1. The minimum absolute atomic E-state index is 0.0403. The Labute approximate surface area is 226 Å². The van der Waals surface area contributed by atoms with Gasteiger partial charge in [0.15, 0.2) is 5.78 Å². The van der Waals surface area contributed by atoms with E-state index < -0.39 is 57.8 Å². The zero-order valence-corrected chi connectivity index (χ0v) is 22.5. The number of aromatic nitrogens is 3. The van der Waals surface area contributed by atoms with Gasteiger partial charge in [-0.2, -0.15) is 4.31 Å². The zero-order chi connectivity index (χ0) is 28.6. The van der Waals surface area contributed by atoms with Gasteiger partial charge in [0.1, 0.15) is 5.75 Å². The van der Waals surface area contributed by atoms with Crippen molar-refractivity contribution in [3.63, 3.8) is 0 Å². The summed E-state index contributed by atoms with van der Waals surface area (Å²) in [4.78, 5) is 15.0. The van der Waals surface area contributed by atoms with Crippen LogP contribution in [0, 0.1) is 0 Å². The number of sulfonamides is 1. The van der Waals surface area contributed by atoms with Crippen molar-refractivity contribution in [1.82, 2.24) is 24.2 Å². The van der Waals surface area contributed by atoms with Crippen LogP contribution in [0.5, 0.6) is 5.75 Å². The van der Waals surface area contributed by atoms with E-state index in [0.29, 0.717) is 0 Å². The summed E-state index contributed by atoms with van der Waals surface area (Å²) in [6.07, 6.45) is -4.71. The Hall–Kier alpha value is -2.36. The van der Waals surface area contributed by atoms with Crippen LogP contribution >= 0.6 is 11.6 Å². The number of carbonyl (C=O) groups excluding carboxylic acids is 1. The molecular formula is C23H27ClF5N5O4S. The average Bonchev–Trinajstić information content (AvgIpc) is 3.30. The largest absolute Gasteiger partial charge is 0.573 e. The third-order valence-electron chi connectivity index (χ3n) is 7.30. The molecule has 1 saturated carbocycles. The fourth-order valence-electron chi connectivity index (χ4n) is 5.24. The Balaban J connectivity index is 1.51. The summed E-state index contributed by atoms with van der Waals surface area (Å²) in [6, 6.07) is 3.48. The maximum absolute atomic E-state index is 14.1. The molecule has 16 heteroatoms. The maximum Gasteiger partial charge on any atom is 0.573 e. The van der Waals surface area contributed by atoms with E-state index >= 15 is 0 Å². The molecule has 0 amide bonds. The van der Waals surface area contributed by atoms with Crippen LogP contribution in [0.4, 0.5) is 22.0 Å². The Morgan fingerprint density at radius 3 is 2.31 bits per heavy atom. The fraction of sp³-hybridized carbons (Fsp3) is 0.609. The molecule has 0 spiro atoms. The molecule has 39 heavy (non-hydrogen) atoms. The number of hydrogen-bond donors (Lipinski definition) is 0. The second-order valence-electron chi connectivity index (χ2n) is 9.79. The summed E-state index contributed by atoms with van der Waals surface area (Å²) in [5, 5.41) is 6.91. The Kier molecular flexibility index (Phi) is 8.28. The van der Waals surface area contributed by atoms with Crippen molar-refractivity contribution in [2.75, 3.05) is 26.2 Å². The summed E-state index contributed by atoms with van der Waals surface area (Å²) in [5.74, 6) is -4.31. The Morgan fingerprint density at radius 1 is 1.10 bits per heavy atom. The standard InChI is InChI=1S/C23H27ClF5N5O4S/c1-32-15-19(30-31-32)39(36,37)34-13-11-33(12-14-34)21(7-9-22(25,26)10-8-21)6-5-17(35)20-16(24)3-2-4-18(20)38-23(27,28)29/h2-4,15H,5-14H2,1H3. The number of benzene rings is 1. The van der Waals surface area contributed by atoms with Crippen LogP contribution in [0.1, 0.15) is 48.9 Å². The second-order valence-corrected chi connectivity index (χ2v) is 12.1. The molecule has 0 atom stereocenters. The number of hydrogen-bond acceptors (Lipinski definition) is 7. The number of halogens is 6. The fourth-order valence-corrected chi connectivity index (χ4v) is 6.85. The van der Waals surface area contributed by atoms with Crippen LogP contribution in [0.15, 0.2) is 29.4 Å². The molecule has 4 rings (SSSR count). The SMILES string of the molecule is Cn1cc(S(=O)(=O)N2CCN(C3(CCC(=O)c4c(Cl)cccc4OC(F)(F)F)CCC(F)(F)CC3)CC2)nn1. The van der Waals surface area contributed by atoms with E-state index in [4.69, 9.17) is 11.6 Å². The van der Waals surface area contributed by atoms with Crippen LogP contribution in [-0.2, 0) is 17.1 Å². The van der Waals surface area contributed by atoms with Crippen LogP contribution in [-0.4, -0.2) is 82.4 Å². The first-order valence-electron chi connectivity index (χ1n) is 12.2. The van der Waals surface area contributed by atoms with Gasteiger partial charge < -0.3 is 4.74 Å². The van der Waals surface area contributed by atoms with E-state index in [1.165, 1.54) is 34.4 Å². The van der Waals surface area contributed by atoms with E-state index in [0.717, 1.165) is 6.07 Å². The lowest BCUT2D eigenvalue weighted by Crippen LogP contribution is -2.59. The number of piperazine rings is 1. The number of ether oxygens (including phenoxy) is 1. The van der Waals surface area contributed by atoms with Gasteiger partial charge in [0.25, 0.3) is 10.0 Å². The summed E-state index contributed by atoms with van der Waals surface area (Å²) >= 11 is 6.05. The zero-order valence-electron chi connectivity index (χ0n) is 20.9. The van der Waals surface area contributed by atoms with Crippen LogP contribution in [0.3, 0.4) is 0 Å². The van der Waals surface area contributed by atoms with Crippen LogP contribution in [0.25, 0.3) is 0 Å². The first-order chi connectivity index (χ1) is 18.1. The lowest BCUT2D eigenvalue weighted by atomic mass is 9.74. The Morgan fingerprint density at radius 2 is 1.74 bits per heavy atom. The van der Waals surface area contributed by atoms with Crippen molar-refractivity contribution in [3.05, 3.63) is 35.0 Å². The van der Waals surface area contributed by atoms with Crippen LogP contribution in [0.2, 0.25) is 5.02 Å². The lowest BCUT2D eigenvalue weighted by molar-refractivity contribution is -0.274. The van der Waals surface area contributed by atoms with Gasteiger partial charge in [0.2, 0.25) is 10.9 Å². The van der Waals surface area contributed by atoms with Crippen molar-refractivity contribution in [2.24, 2.45) is 7.05 Å². The summed E-state index contributed by atoms with van der Waals surface area (Å²) < 4.78 is 99.3. The van der Waals surface area contributed by atoms with Crippen molar-refractivity contribution < 1.29 is 39.9 Å². The average molecular weight is 600 g/mol. The van der Waals surface area contributed by atoms with Gasteiger partial charge in [0, 0.05) is 58.0 Å². The molecule has 1 aliphatic carbocycles. The molecule has 2 aromatic rings. The molecule has 216 valence electrons. The number of Topliss-reactive ketones (excluding diaryl/α,β-unsaturated/α-hetero) is 1. The molecule has 1 saturated heterocycles. The number of ketones is 1. The van der Waals surface area contributed by atoms with Crippen molar-refractivity contribution >= 4 is 27.4 Å². The van der Waals surface area contributed by atoms with E-state index in [1.54, 1.807) is 0 Å². The molecule has 1 aromatic carbocycles. The van der Waals surface area contributed by atoms with Crippen molar-refractivity contribution in [2.45, 2.75) is 61.4 Å². The molecule has 2 heterocycles. The molecule has 0 unspecified atom stereocenters. The summed E-state index contributed by atoms with van der Waals surface area (Å²) in [6.45, 7) is 0.569. The van der Waals surface area contributed by atoms with Crippen molar-refractivity contribution in [3.8, 4) is 5.75 Å². The molecule has 1 aliphatic heterocycles. The van der Waals surface area contributed by atoms with Gasteiger partial charge in [-0.25, -0.2) is 17.2 Å². The molecule has 1 aromatic heterocycles. The van der Waals surface area contributed by atoms with E-state index in [2.05, 4.69) is 15.0 Å². The predicted octanol–water partition coefficient (Wildman–Crippen LogP) is 4.28. The first kappa shape index (κ1) is 29.6. The number of carbonyl (C=O) groups is 1.